The number of nitrogens with one attached hydrogen (secondary N) is 1. The second-order valence-electron chi connectivity index (χ2n) is 4.51. The summed E-state index contributed by atoms with van der Waals surface area (Å²) in [4.78, 5) is 16.1. The van der Waals surface area contributed by atoms with Gasteiger partial charge in [-0.1, -0.05) is 6.92 Å². The summed E-state index contributed by atoms with van der Waals surface area (Å²) in [6.07, 6.45) is 4.28. The Labute approximate surface area is 112 Å². The lowest BCUT2D eigenvalue weighted by atomic mass is 10.1. The van der Waals surface area contributed by atoms with E-state index < -0.39 is 0 Å². The van der Waals surface area contributed by atoms with E-state index in [4.69, 9.17) is 0 Å². The van der Waals surface area contributed by atoms with Crippen molar-refractivity contribution in [2.45, 2.75) is 26.3 Å². The van der Waals surface area contributed by atoms with Crippen molar-refractivity contribution in [3.05, 3.63) is 47.5 Å². The van der Waals surface area contributed by atoms with E-state index in [9.17, 15) is 4.79 Å². The molecule has 1 N–H and O–H groups in total. The standard InChI is InChI=1S/C14H18N4O/c1-4-12(11-5-7-15-8-6-11)16-14(19)13-9-10(2)18(3)17-13/h5-9,12H,4H2,1-3H3,(H,16,19)/t12-/m1/s1. The van der Waals surface area contributed by atoms with Gasteiger partial charge in [0.25, 0.3) is 5.91 Å². The van der Waals surface area contributed by atoms with E-state index in [1.54, 1.807) is 23.1 Å². The molecule has 0 unspecified atom stereocenters. The molecule has 0 aliphatic heterocycles. The maximum absolute atomic E-state index is 12.2. The van der Waals surface area contributed by atoms with Crippen LogP contribution < -0.4 is 5.32 Å². The molecule has 2 aromatic heterocycles. The first-order valence-electron chi connectivity index (χ1n) is 6.33. The number of aromatic nitrogens is 3. The van der Waals surface area contributed by atoms with Crippen molar-refractivity contribution in [2.24, 2.45) is 7.05 Å². The average molecular weight is 258 g/mol. The third kappa shape index (κ3) is 2.99. The van der Waals surface area contributed by atoms with Crippen LogP contribution in [-0.2, 0) is 7.05 Å². The van der Waals surface area contributed by atoms with Crippen molar-refractivity contribution in [1.82, 2.24) is 20.1 Å². The minimum atomic E-state index is -0.146. The third-order valence-corrected chi connectivity index (χ3v) is 3.17. The number of hydrogen-bond acceptors (Lipinski definition) is 3. The van der Waals surface area contributed by atoms with Crippen LogP contribution in [0, 0.1) is 6.92 Å². The second kappa shape index (κ2) is 5.65. The lowest BCUT2D eigenvalue weighted by molar-refractivity contribution is 0.0929. The molecule has 0 aliphatic rings. The largest absolute Gasteiger partial charge is 0.344 e. The highest BCUT2D eigenvalue weighted by atomic mass is 16.2. The number of pyridine rings is 1. The van der Waals surface area contributed by atoms with Crippen LogP contribution in [0.4, 0.5) is 0 Å². The Balaban J connectivity index is 2.13. The van der Waals surface area contributed by atoms with Gasteiger partial charge < -0.3 is 5.32 Å². The number of carbonyl (C=O) groups excluding carboxylic acids is 1. The zero-order valence-electron chi connectivity index (χ0n) is 11.4. The molecular formula is C14H18N4O. The Morgan fingerprint density at radius 1 is 1.42 bits per heavy atom. The molecule has 19 heavy (non-hydrogen) atoms. The summed E-state index contributed by atoms with van der Waals surface area (Å²) in [6, 6.07) is 5.60. The first-order valence-corrected chi connectivity index (χ1v) is 6.33. The highest BCUT2D eigenvalue weighted by Gasteiger charge is 2.16. The van der Waals surface area contributed by atoms with Gasteiger partial charge in [-0.3, -0.25) is 14.5 Å². The zero-order valence-corrected chi connectivity index (χ0v) is 11.4. The van der Waals surface area contributed by atoms with Gasteiger partial charge in [0.15, 0.2) is 0 Å². The fourth-order valence-electron chi connectivity index (χ4n) is 1.92. The Bertz CT molecular complexity index is 543. The van der Waals surface area contributed by atoms with Crippen LogP contribution in [0.3, 0.4) is 0 Å². The monoisotopic (exact) mass is 258 g/mol. The van der Waals surface area contributed by atoms with Gasteiger partial charge in [-0.15, -0.1) is 0 Å². The maximum atomic E-state index is 12.2. The number of aryl methyl sites for hydroxylation is 2. The Hall–Kier alpha value is -2.17. The summed E-state index contributed by atoms with van der Waals surface area (Å²) in [5.41, 5.74) is 2.47. The van der Waals surface area contributed by atoms with Crippen LogP contribution in [0.25, 0.3) is 0 Å². The summed E-state index contributed by atoms with van der Waals surface area (Å²) in [5.74, 6) is -0.146. The molecule has 0 saturated carbocycles. The van der Waals surface area contributed by atoms with E-state index in [1.807, 2.05) is 33.0 Å². The van der Waals surface area contributed by atoms with Gasteiger partial charge >= 0.3 is 0 Å². The van der Waals surface area contributed by atoms with Crippen molar-refractivity contribution in [2.75, 3.05) is 0 Å². The predicted molar refractivity (Wildman–Crippen MR) is 72.7 cm³/mol. The van der Waals surface area contributed by atoms with Crippen LogP contribution in [-0.4, -0.2) is 20.7 Å². The number of rotatable bonds is 4. The molecule has 1 atom stereocenters. The predicted octanol–water partition coefficient (Wildman–Crippen LogP) is 2.00. The SMILES string of the molecule is CC[C@@H](NC(=O)c1cc(C)n(C)n1)c1ccncc1. The van der Waals surface area contributed by atoms with E-state index in [-0.39, 0.29) is 11.9 Å². The highest BCUT2D eigenvalue weighted by molar-refractivity contribution is 5.92. The van der Waals surface area contributed by atoms with Gasteiger partial charge in [0.1, 0.15) is 5.69 Å². The first-order chi connectivity index (χ1) is 9.11. The van der Waals surface area contributed by atoms with Gasteiger partial charge in [0.2, 0.25) is 0 Å². The minimum Gasteiger partial charge on any atom is -0.344 e. The fraction of sp³-hybridized carbons (Fsp3) is 0.357. The van der Waals surface area contributed by atoms with Crippen molar-refractivity contribution >= 4 is 5.91 Å². The van der Waals surface area contributed by atoms with E-state index >= 15 is 0 Å². The van der Waals surface area contributed by atoms with Crippen LogP contribution in [0.5, 0.6) is 0 Å². The van der Waals surface area contributed by atoms with Gasteiger partial charge in [0, 0.05) is 25.1 Å². The molecule has 2 rings (SSSR count). The van der Waals surface area contributed by atoms with Gasteiger partial charge in [-0.05, 0) is 37.1 Å². The molecule has 0 bridgehead atoms. The molecule has 0 radical (unpaired) electrons. The molecule has 5 heteroatoms. The zero-order chi connectivity index (χ0) is 13.8. The van der Waals surface area contributed by atoms with Crippen LogP contribution in [0.2, 0.25) is 0 Å². The summed E-state index contributed by atoms with van der Waals surface area (Å²) in [5, 5.41) is 7.18. The van der Waals surface area contributed by atoms with Crippen LogP contribution in [0.15, 0.2) is 30.6 Å². The topological polar surface area (TPSA) is 59.8 Å². The molecule has 0 saturated heterocycles. The summed E-state index contributed by atoms with van der Waals surface area (Å²) in [6.45, 7) is 3.96. The third-order valence-electron chi connectivity index (χ3n) is 3.17. The second-order valence-corrected chi connectivity index (χ2v) is 4.51. The van der Waals surface area contributed by atoms with Gasteiger partial charge in [-0.2, -0.15) is 5.10 Å². The van der Waals surface area contributed by atoms with Crippen LogP contribution in [0.1, 0.15) is 41.1 Å². The van der Waals surface area contributed by atoms with E-state index in [0.717, 1.165) is 17.7 Å². The van der Waals surface area contributed by atoms with E-state index in [2.05, 4.69) is 15.4 Å². The molecule has 0 fully saturated rings. The molecule has 2 heterocycles. The number of carbonyl (C=O) groups is 1. The Kier molecular flexibility index (Phi) is 3.94. The summed E-state index contributed by atoms with van der Waals surface area (Å²) < 4.78 is 1.70. The quantitative estimate of drug-likeness (QED) is 0.912. The first kappa shape index (κ1) is 13.3. The van der Waals surface area contributed by atoms with Crippen molar-refractivity contribution in [3.8, 4) is 0 Å². The Morgan fingerprint density at radius 2 is 2.11 bits per heavy atom. The van der Waals surface area contributed by atoms with Crippen molar-refractivity contribution < 1.29 is 4.79 Å². The number of amides is 1. The van der Waals surface area contributed by atoms with Crippen LogP contribution >= 0.6 is 0 Å². The van der Waals surface area contributed by atoms with E-state index in [0.29, 0.717) is 5.69 Å². The highest BCUT2D eigenvalue weighted by Crippen LogP contribution is 2.16. The molecule has 2 aromatic rings. The normalized spacial score (nSPS) is 12.2. The molecule has 0 spiro atoms. The molecule has 0 aromatic carbocycles. The molecule has 100 valence electrons. The summed E-state index contributed by atoms with van der Waals surface area (Å²) in [7, 11) is 1.83. The summed E-state index contributed by atoms with van der Waals surface area (Å²) >= 11 is 0. The minimum absolute atomic E-state index is 0.0159. The maximum Gasteiger partial charge on any atom is 0.272 e. The number of nitrogens with zero attached hydrogens (tertiary/aromatic N) is 3. The lowest BCUT2D eigenvalue weighted by Crippen LogP contribution is -2.28. The Morgan fingerprint density at radius 3 is 2.63 bits per heavy atom. The molecule has 5 nitrogen and oxygen atoms in total. The molecule has 0 aliphatic carbocycles. The van der Waals surface area contributed by atoms with Gasteiger partial charge in [0.05, 0.1) is 6.04 Å². The van der Waals surface area contributed by atoms with E-state index in [1.165, 1.54) is 0 Å². The van der Waals surface area contributed by atoms with Crippen molar-refractivity contribution in [1.29, 1.82) is 0 Å². The average Bonchev–Trinajstić information content (AvgIpc) is 2.77. The van der Waals surface area contributed by atoms with Gasteiger partial charge in [-0.25, -0.2) is 0 Å². The molecular weight excluding hydrogens is 240 g/mol. The smallest absolute Gasteiger partial charge is 0.272 e. The lowest BCUT2D eigenvalue weighted by Gasteiger charge is -2.16. The van der Waals surface area contributed by atoms with Crippen molar-refractivity contribution in [3.63, 3.8) is 0 Å². The molecule has 1 amide bonds. The number of hydrogen-bond donors (Lipinski definition) is 1. The fourth-order valence-corrected chi connectivity index (χ4v) is 1.92.